The molecule has 3 heterocycles. The number of hydrogen-bond acceptors (Lipinski definition) is 4. The quantitative estimate of drug-likeness (QED) is 0.611. The maximum atomic E-state index is 5.94. The van der Waals surface area contributed by atoms with Crippen molar-refractivity contribution in [3.63, 3.8) is 0 Å². The van der Waals surface area contributed by atoms with E-state index in [9.17, 15) is 0 Å². The van der Waals surface area contributed by atoms with E-state index >= 15 is 0 Å². The molecule has 132 valence electrons. The van der Waals surface area contributed by atoms with E-state index in [2.05, 4.69) is 53.9 Å². The van der Waals surface area contributed by atoms with Crippen molar-refractivity contribution in [1.82, 2.24) is 24.6 Å². The summed E-state index contributed by atoms with van der Waals surface area (Å²) in [6.07, 6.45) is 4.45. The Morgan fingerprint density at radius 3 is 2.60 bits per heavy atom. The Morgan fingerprint density at radius 1 is 1.12 bits per heavy atom. The van der Waals surface area contributed by atoms with Crippen LogP contribution >= 0.6 is 11.6 Å². The lowest BCUT2D eigenvalue weighted by atomic mass is 10.2. The Labute approximate surface area is 154 Å². The Kier molecular flexibility index (Phi) is 4.68. The smallest absolute Gasteiger partial charge is 0.154 e. The first-order chi connectivity index (χ1) is 11.7. The van der Waals surface area contributed by atoms with Crippen LogP contribution < -0.4 is 0 Å². The fraction of sp³-hybridized carbons (Fsp3) is 0.444. The van der Waals surface area contributed by atoms with Gasteiger partial charge < -0.3 is 0 Å². The van der Waals surface area contributed by atoms with Gasteiger partial charge in [-0.25, -0.2) is 19.5 Å². The van der Waals surface area contributed by atoms with Crippen molar-refractivity contribution in [2.24, 2.45) is 0 Å². The molecule has 25 heavy (non-hydrogen) atoms. The molecule has 0 bridgehead atoms. The van der Waals surface area contributed by atoms with Crippen molar-refractivity contribution in [1.29, 1.82) is 0 Å². The summed E-state index contributed by atoms with van der Waals surface area (Å²) < 4.78 is 1.68. The second-order valence-corrected chi connectivity index (χ2v) is 14.3. The first-order valence-corrected chi connectivity index (χ1v) is 12.1. The van der Waals surface area contributed by atoms with Gasteiger partial charge in [0.1, 0.15) is 17.2 Å². The zero-order valence-corrected chi connectivity index (χ0v) is 17.2. The first kappa shape index (κ1) is 18.0. The molecule has 3 aromatic heterocycles. The summed E-state index contributed by atoms with van der Waals surface area (Å²) in [5, 5.41) is 5.05. The molecule has 0 saturated heterocycles. The fourth-order valence-electron chi connectivity index (χ4n) is 2.47. The normalized spacial score (nSPS) is 12.7. The average Bonchev–Trinajstić information content (AvgIpc) is 2.95. The molecule has 0 radical (unpaired) electrons. The van der Waals surface area contributed by atoms with E-state index in [1.165, 1.54) is 6.04 Å². The summed E-state index contributed by atoms with van der Waals surface area (Å²) in [6.45, 7) is 11.9. The monoisotopic (exact) mass is 373 g/mol. The van der Waals surface area contributed by atoms with E-state index in [0.29, 0.717) is 10.2 Å². The molecule has 0 aliphatic rings. The van der Waals surface area contributed by atoms with Crippen molar-refractivity contribution in [2.75, 3.05) is 0 Å². The second-order valence-electron chi connectivity index (χ2n) is 8.11. The van der Waals surface area contributed by atoms with Gasteiger partial charge in [-0.3, -0.25) is 0 Å². The van der Waals surface area contributed by atoms with Gasteiger partial charge in [0, 0.05) is 5.69 Å². The number of aromatic nitrogens is 5. The molecule has 7 heteroatoms. The summed E-state index contributed by atoms with van der Waals surface area (Å²) in [5.74, 6) is 0. The maximum absolute atomic E-state index is 5.94. The molecular formula is C18H24ClN5Si. The topological polar surface area (TPSA) is 56.0 Å². The minimum Gasteiger partial charge on any atom is -0.241 e. The standard InChI is InChI=1S/C18H24ClN5Si/c1-18(2,3)25(4,5)9-8-13-10-14(21-12-20-13)15-11-24-17(22-15)7-6-16(19)23-24/h6-7,10-12H,8-9H2,1-5H3. The zero-order chi connectivity index (χ0) is 18.2. The van der Waals surface area contributed by atoms with Crippen LogP contribution in [-0.4, -0.2) is 32.6 Å². The van der Waals surface area contributed by atoms with Gasteiger partial charge in [-0.05, 0) is 29.7 Å². The van der Waals surface area contributed by atoms with E-state index < -0.39 is 8.07 Å². The molecule has 0 N–H and O–H groups in total. The predicted molar refractivity (Wildman–Crippen MR) is 105 cm³/mol. The molecule has 0 aliphatic carbocycles. The van der Waals surface area contributed by atoms with Gasteiger partial charge in [-0.1, -0.05) is 51.5 Å². The van der Waals surface area contributed by atoms with Crippen molar-refractivity contribution in [3.8, 4) is 11.4 Å². The zero-order valence-electron chi connectivity index (χ0n) is 15.4. The SMILES string of the molecule is CC(C)(C)[Si](C)(C)CCc1cc(-c2cn3nc(Cl)ccc3n2)ncn1. The van der Waals surface area contributed by atoms with Crippen LogP contribution in [0.1, 0.15) is 26.5 Å². The second kappa shape index (κ2) is 6.50. The number of nitrogens with zero attached hydrogens (tertiary/aromatic N) is 5. The summed E-state index contributed by atoms with van der Waals surface area (Å²) in [7, 11) is -1.32. The number of fused-ring (bicyclic) bond motifs is 1. The van der Waals surface area contributed by atoms with Crippen LogP contribution in [0.2, 0.25) is 29.3 Å². The molecule has 0 aromatic carbocycles. The average molecular weight is 374 g/mol. The predicted octanol–water partition coefficient (Wildman–Crippen LogP) is 4.89. The van der Waals surface area contributed by atoms with Gasteiger partial charge in [0.15, 0.2) is 5.65 Å². The highest BCUT2D eigenvalue weighted by molar-refractivity contribution is 6.80. The van der Waals surface area contributed by atoms with E-state index in [0.717, 1.165) is 29.1 Å². The third kappa shape index (κ3) is 3.90. The highest BCUT2D eigenvalue weighted by Crippen LogP contribution is 2.39. The summed E-state index contributed by atoms with van der Waals surface area (Å²) >= 11 is 5.94. The molecule has 3 rings (SSSR count). The van der Waals surface area contributed by atoms with Crippen molar-refractivity contribution in [2.45, 2.75) is 51.4 Å². The molecule has 5 nitrogen and oxygen atoms in total. The minimum absolute atomic E-state index is 0.384. The lowest BCUT2D eigenvalue weighted by Crippen LogP contribution is -2.37. The van der Waals surface area contributed by atoms with Crippen LogP contribution in [0.3, 0.4) is 0 Å². The number of halogens is 1. The van der Waals surface area contributed by atoms with Gasteiger partial charge in [0.2, 0.25) is 0 Å². The number of aryl methyl sites for hydroxylation is 1. The lowest BCUT2D eigenvalue weighted by molar-refractivity contribution is 0.710. The van der Waals surface area contributed by atoms with Crippen LogP contribution in [0.4, 0.5) is 0 Å². The summed E-state index contributed by atoms with van der Waals surface area (Å²) in [5.41, 5.74) is 3.42. The maximum Gasteiger partial charge on any atom is 0.154 e. The minimum atomic E-state index is -1.32. The number of hydrogen-bond donors (Lipinski definition) is 0. The van der Waals surface area contributed by atoms with Gasteiger partial charge in [0.05, 0.1) is 20.0 Å². The van der Waals surface area contributed by atoms with Gasteiger partial charge in [-0.2, -0.15) is 5.10 Å². The molecule has 0 saturated carbocycles. The third-order valence-corrected chi connectivity index (χ3v) is 11.1. The summed E-state index contributed by atoms with van der Waals surface area (Å²) in [6, 6.07) is 6.82. The largest absolute Gasteiger partial charge is 0.241 e. The van der Waals surface area contributed by atoms with Crippen molar-refractivity contribution >= 4 is 25.3 Å². The summed E-state index contributed by atoms with van der Waals surface area (Å²) in [4.78, 5) is 13.4. The van der Waals surface area contributed by atoms with E-state index in [4.69, 9.17) is 11.6 Å². The van der Waals surface area contributed by atoms with Gasteiger partial charge in [-0.15, -0.1) is 0 Å². The Balaban J connectivity index is 1.83. The van der Waals surface area contributed by atoms with Crippen molar-refractivity contribution in [3.05, 3.63) is 41.6 Å². The lowest BCUT2D eigenvalue weighted by Gasteiger charge is -2.37. The fourth-order valence-corrected chi connectivity index (χ4v) is 4.25. The molecule has 0 amide bonds. The van der Waals surface area contributed by atoms with Crippen LogP contribution in [0.25, 0.3) is 17.0 Å². The first-order valence-electron chi connectivity index (χ1n) is 8.49. The highest BCUT2D eigenvalue weighted by Gasteiger charge is 2.34. The Bertz CT molecular complexity index is 898. The molecule has 0 unspecified atom stereocenters. The van der Waals surface area contributed by atoms with Gasteiger partial charge in [0.25, 0.3) is 0 Å². The van der Waals surface area contributed by atoms with Crippen LogP contribution in [0.15, 0.2) is 30.7 Å². The van der Waals surface area contributed by atoms with Crippen molar-refractivity contribution < 1.29 is 0 Å². The third-order valence-electron chi connectivity index (χ3n) is 5.31. The van der Waals surface area contributed by atoms with E-state index in [1.54, 1.807) is 16.9 Å². The van der Waals surface area contributed by atoms with Crippen LogP contribution in [-0.2, 0) is 6.42 Å². The molecule has 0 atom stereocenters. The number of rotatable bonds is 4. The Morgan fingerprint density at radius 2 is 1.88 bits per heavy atom. The van der Waals surface area contributed by atoms with Crippen LogP contribution in [0.5, 0.6) is 0 Å². The highest BCUT2D eigenvalue weighted by atomic mass is 35.5. The van der Waals surface area contributed by atoms with Gasteiger partial charge >= 0.3 is 0 Å². The Hall–Kier alpha value is -1.79. The van der Waals surface area contributed by atoms with Crippen LogP contribution in [0, 0.1) is 0 Å². The number of imidazole rings is 1. The molecular weight excluding hydrogens is 350 g/mol. The molecule has 0 fully saturated rings. The molecule has 0 aliphatic heterocycles. The van der Waals surface area contributed by atoms with E-state index in [-0.39, 0.29) is 0 Å². The molecule has 3 aromatic rings. The van der Waals surface area contributed by atoms with E-state index in [1.807, 2.05) is 18.3 Å². The molecule has 0 spiro atoms.